The van der Waals surface area contributed by atoms with Crippen molar-refractivity contribution in [3.05, 3.63) is 29.3 Å². The van der Waals surface area contributed by atoms with Gasteiger partial charge in [-0.25, -0.2) is 0 Å². The number of rotatable bonds is 5. The summed E-state index contributed by atoms with van der Waals surface area (Å²) in [5.74, 6) is 0.713. The van der Waals surface area contributed by atoms with Crippen LogP contribution in [-0.2, 0) is 4.79 Å². The van der Waals surface area contributed by atoms with Crippen molar-refractivity contribution in [2.45, 2.75) is 40.2 Å². The molecular formula is C14H21NO2. The van der Waals surface area contributed by atoms with Gasteiger partial charge in [0.15, 0.2) is 6.61 Å². The molecule has 94 valence electrons. The van der Waals surface area contributed by atoms with Crippen LogP contribution in [0.3, 0.4) is 0 Å². The van der Waals surface area contributed by atoms with Crippen LogP contribution in [0.2, 0.25) is 0 Å². The highest BCUT2D eigenvalue weighted by molar-refractivity contribution is 5.77. The molecule has 0 aliphatic rings. The van der Waals surface area contributed by atoms with Gasteiger partial charge in [0.25, 0.3) is 5.91 Å². The lowest BCUT2D eigenvalue weighted by atomic mass is 10.1. The van der Waals surface area contributed by atoms with Gasteiger partial charge in [-0.05, 0) is 44.4 Å². The average molecular weight is 235 g/mol. The predicted octanol–water partition coefficient (Wildman–Crippen LogP) is 2.60. The van der Waals surface area contributed by atoms with E-state index in [1.807, 2.05) is 45.9 Å². The lowest BCUT2D eigenvalue weighted by Gasteiger charge is -2.13. The first-order valence-corrected chi connectivity index (χ1v) is 6.02. The highest BCUT2D eigenvalue weighted by atomic mass is 16.5. The zero-order valence-corrected chi connectivity index (χ0v) is 11.0. The summed E-state index contributed by atoms with van der Waals surface area (Å²) in [5, 5.41) is 2.87. The van der Waals surface area contributed by atoms with Gasteiger partial charge < -0.3 is 10.1 Å². The zero-order chi connectivity index (χ0) is 12.8. The summed E-state index contributed by atoms with van der Waals surface area (Å²) in [6.45, 7) is 8.08. The molecule has 17 heavy (non-hydrogen) atoms. The van der Waals surface area contributed by atoms with Crippen LogP contribution in [0.15, 0.2) is 18.2 Å². The molecule has 0 fully saturated rings. The van der Waals surface area contributed by atoms with Crippen molar-refractivity contribution in [1.29, 1.82) is 0 Å². The molecule has 0 spiro atoms. The Kier molecular flexibility index (Phi) is 5.01. The van der Waals surface area contributed by atoms with Crippen LogP contribution in [0.25, 0.3) is 0 Å². The molecule has 1 N–H and O–H groups in total. The maximum Gasteiger partial charge on any atom is 0.258 e. The zero-order valence-electron chi connectivity index (χ0n) is 11.0. The predicted molar refractivity (Wildman–Crippen MR) is 69.3 cm³/mol. The Morgan fingerprint density at radius 3 is 2.76 bits per heavy atom. The van der Waals surface area contributed by atoms with Crippen LogP contribution in [0.4, 0.5) is 0 Å². The third-order valence-electron chi connectivity index (χ3n) is 2.72. The van der Waals surface area contributed by atoms with Crippen molar-refractivity contribution in [3.63, 3.8) is 0 Å². The van der Waals surface area contributed by atoms with Gasteiger partial charge in [-0.2, -0.15) is 0 Å². The fraction of sp³-hybridized carbons (Fsp3) is 0.500. The Hall–Kier alpha value is -1.51. The van der Waals surface area contributed by atoms with Gasteiger partial charge in [-0.15, -0.1) is 0 Å². The van der Waals surface area contributed by atoms with Crippen molar-refractivity contribution in [2.24, 2.45) is 0 Å². The molecule has 3 nitrogen and oxygen atoms in total. The Morgan fingerprint density at radius 1 is 1.41 bits per heavy atom. The van der Waals surface area contributed by atoms with Crippen LogP contribution in [0.5, 0.6) is 5.75 Å². The van der Waals surface area contributed by atoms with Crippen molar-refractivity contribution in [2.75, 3.05) is 6.61 Å². The number of ether oxygens (including phenoxy) is 1. The molecule has 1 unspecified atom stereocenters. The van der Waals surface area contributed by atoms with Gasteiger partial charge >= 0.3 is 0 Å². The van der Waals surface area contributed by atoms with Gasteiger partial charge in [0.2, 0.25) is 0 Å². The minimum atomic E-state index is -0.0692. The van der Waals surface area contributed by atoms with E-state index >= 15 is 0 Å². The first kappa shape index (κ1) is 13.6. The van der Waals surface area contributed by atoms with E-state index in [0.29, 0.717) is 0 Å². The number of nitrogens with one attached hydrogen (secondary N) is 1. The number of carbonyl (C=O) groups is 1. The second-order valence-electron chi connectivity index (χ2n) is 4.43. The van der Waals surface area contributed by atoms with E-state index in [2.05, 4.69) is 5.32 Å². The molecule has 1 aromatic carbocycles. The normalized spacial score (nSPS) is 12.0. The fourth-order valence-electron chi connectivity index (χ4n) is 1.42. The van der Waals surface area contributed by atoms with E-state index in [1.54, 1.807) is 0 Å². The molecule has 0 aromatic heterocycles. The van der Waals surface area contributed by atoms with Gasteiger partial charge in [0.05, 0.1) is 0 Å². The molecule has 1 aromatic rings. The summed E-state index contributed by atoms with van der Waals surface area (Å²) in [5.41, 5.74) is 2.18. The second kappa shape index (κ2) is 6.28. The molecule has 1 amide bonds. The topological polar surface area (TPSA) is 38.3 Å². The molecular weight excluding hydrogens is 214 g/mol. The van der Waals surface area contributed by atoms with Crippen LogP contribution in [-0.4, -0.2) is 18.6 Å². The van der Waals surface area contributed by atoms with E-state index in [4.69, 9.17) is 4.74 Å². The molecule has 0 radical (unpaired) electrons. The summed E-state index contributed by atoms with van der Waals surface area (Å²) in [6, 6.07) is 6.18. The van der Waals surface area contributed by atoms with Crippen molar-refractivity contribution >= 4 is 5.91 Å². The Bertz CT molecular complexity index is 388. The van der Waals surface area contributed by atoms with Crippen LogP contribution < -0.4 is 10.1 Å². The standard InChI is InChI=1S/C14H21NO2/c1-5-12(4)15-14(16)9-17-13-8-10(2)6-7-11(13)3/h6-8,12H,5,9H2,1-4H3,(H,15,16). The fourth-order valence-corrected chi connectivity index (χ4v) is 1.42. The number of hydrogen-bond acceptors (Lipinski definition) is 2. The van der Waals surface area contributed by atoms with Crippen molar-refractivity contribution in [3.8, 4) is 5.75 Å². The van der Waals surface area contributed by atoms with Crippen LogP contribution in [0.1, 0.15) is 31.4 Å². The third-order valence-corrected chi connectivity index (χ3v) is 2.72. The van der Waals surface area contributed by atoms with E-state index in [1.165, 1.54) is 0 Å². The number of amides is 1. The summed E-state index contributed by atoms with van der Waals surface area (Å²) in [6.07, 6.45) is 0.926. The van der Waals surface area contributed by atoms with Gasteiger partial charge in [0.1, 0.15) is 5.75 Å². The maximum absolute atomic E-state index is 11.5. The van der Waals surface area contributed by atoms with E-state index in [0.717, 1.165) is 23.3 Å². The molecule has 0 aliphatic heterocycles. The Balaban J connectivity index is 2.50. The second-order valence-corrected chi connectivity index (χ2v) is 4.43. The molecule has 0 heterocycles. The molecule has 0 saturated carbocycles. The molecule has 0 saturated heterocycles. The van der Waals surface area contributed by atoms with Crippen molar-refractivity contribution in [1.82, 2.24) is 5.32 Å². The Morgan fingerprint density at radius 2 is 2.12 bits per heavy atom. The lowest BCUT2D eigenvalue weighted by molar-refractivity contribution is -0.123. The highest BCUT2D eigenvalue weighted by Crippen LogP contribution is 2.18. The summed E-state index contributed by atoms with van der Waals surface area (Å²) in [4.78, 5) is 11.5. The van der Waals surface area contributed by atoms with Crippen LogP contribution >= 0.6 is 0 Å². The first-order chi connectivity index (χ1) is 8.02. The van der Waals surface area contributed by atoms with Gasteiger partial charge in [0, 0.05) is 6.04 Å². The van der Waals surface area contributed by atoms with E-state index in [9.17, 15) is 4.79 Å². The molecule has 0 bridgehead atoms. The average Bonchev–Trinajstić information content (AvgIpc) is 2.30. The molecule has 3 heteroatoms. The Labute approximate surface area is 103 Å². The van der Waals surface area contributed by atoms with Gasteiger partial charge in [-0.3, -0.25) is 4.79 Å². The summed E-state index contributed by atoms with van der Waals surface area (Å²) < 4.78 is 5.51. The van der Waals surface area contributed by atoms with Crippen LogP contribution in [0, 0.1) is 13.8 Å². The molecule has 1 atom stereocenters. The summed E-state index contributed by atoms with van der Waals surface area (Å²) in [7, 11) is 0. The summed E-state index contributed by atoms with van der Waals surface area (Å²) >= 11 is 0. The maximum atomic E-state index is 11.5. The first-order valence-electron chi connectivity index (χ1n) is 6.02. The third kappa shape index (κ3) is 4.47. The quantitative estimate of drug-likeness (QED) is 0.852. The van der Waals surface area contributed by atoms with Crippen molar-refractivity contribution < 1.29 is 9.53 Å². The minimum Gasteiger partial charge on any atom is -0.483 e. The van der Waals surface area contributed by atoms with E-state index < -0.39 is 0 Å². The number of carbonyl (C=O) groups excluding carboxylic acids is 1. The van der Waals surface area contributed by atoms with E-state index in [-0.39, 0.29) is 18.6 Å². The number of hydrogen-bond donors (Lipinski definition) is 1. The minimum absolute atomic E-state index is 0.0692. The number of aryl methyl sites for hydroxylation is 2. The molecule has 0 aliphatic carbocycles. The highest BCUT2D eigenvalue weighted by Gasteiger charge is 2.07. The SMILES string of the molecule is CCC(C)NC(=O)COc1cc(C)ccc1C. The number of benzene rings is 1. The molecule has 1 rings (SSSR count). The largest absolute Gasteiger partial charge is 0.483 e. The smallest absolute Gasteiger partial charge is 0.258 e. The monoisotopic (exact) mass is 235 g/mol. The van der Waals surface area contributed by atoms with Gasteiger partial charge in [-0.1, -0.05) is 19.1 Å². The lowest BCUT2D eigenvalue weighted by Crippen LogP contribution is -2.35.